The van der Waals surface area contributed by atoms with Gasteiger partial charge in [0.05, 0.1) is 0 Å². The van der Waals surface area contributed by atoms with Gasteiger partial charge in [0.2, 0.25) is 0 Å². The number of thiophene rings is 1. The van der Waals surface area contributed by atoms with E-state index in [2.05, 4.69) is 57.0 Å². The zero-order chi connectivity index (χ0) is 15.7. The van der Waals surface area contributed by atoms with Gasteiger partial charge >= 0.3 is 0 Å². The lowest BCUT2D eigenvalue weighted by molar-refractivity contribution is 0.228. The van der Waals surface area contributed by atoms with Crippen LogP contribution in [0.3, 0.4) is 0 Å². The van der Waals surface area contributed by atoms with Crippen LogP contribution in [0.25, 0.3) is 0 Å². The van der Waals surface area contributed by atoms with Gasteiger partial charge < -0.3 is 5.32 Å². The van der Waals surface area contributed by atoms with Gasteiger partial charge in [-0.1, -0.05) is 47.5 Å². The highest BCUT2D eigenvalue weighted by Crippen LogP contribution is 2.20. The summed E-state index contributed by atoms with van der Waals surface area (Å²) >= 11 is 1.97. The third kappa shape index (κ3) is 7.44. The number of nitrogens with zero attached hydrogens (tertiary/aromatic N) is 1. The van der Waals surface area contributed by atoms with E-state index in [1.807, 2.05) is 11.3 Å². The van der Waals surface area contributed by atoms with Gasteiger partial charge in [-0.15, -0.1) is 11.3 Å². The first-order chi connectivity index (χ1) is 10.1. The molecular formula is C18H34N2S. The van der Waals surface area contributed by atoms with Crippen LogP contribution in [0.5, 0.6) is 0 Å². The average Bonchev–Trinajstić information content (AvgIpc) is 2.90. The van der Waals surface area contributed by atoms with E-state index >= 15 is 0 Å². The first-order valence-corrected chi connectivity index (χ1v) is 9.41. The van der Waals surface area contributed by atoms with Gasteiger partial charge in [0.25, 0.3) is 0 Å². The highest BCUT2D eigenvalue weighted by atomic mass is 32.1. The van der Waals surface area contributed by atoms with Gasteiger partial charge in [-0.25, -0.2) is 0 Å². The normalized spacial score (nSPS) is 12.0. The summed E-state index contributed by atoms with van der Waals surface area (Å²) in [4.78, 5) is 5.56. The van der Waals surface area contributed by atoms with Gasteiger partial charge in [-0.05, 0) is 37.1 Å². The summed E-state index contributed by atoms with van der Waals surface area (Å²) in [5, 5.41) is 3.53. The van der Waals surface area contributed by atoms with E-state index < -0.39 is 0 Å². The lowest BCUT2D eigenvalue weighted by Gasteiger charge is -2.24. The molecule has 0 radical (unpaired) electrons. The number of nitrogens with one attached hydrogen (secondary N) is 1. The maximum atomic E-state index is 3.53. The van der Waals surface area contributed by atoms with Gasteiger partial charge in [-0.2, -0.15) is 0 Å². The minimum atomic E-state index is 0.722. The summed E-state index contributed by atoms with van der Waals surface area (Å²) in [6.07, 6.45) is 2.59. The fraction of sp³-hybridized carbons (Fsp3) is 0.778. The Balaban J connectivity index is 2.44. The van der Waals surface area contributed by atoms with Crippen molar-refractivity contribution in [1.29, 1.82) is 0 Å². The van der Waals surface area contributed by atoms with Crippen molar-refractivity contribution in [2.75, 3.05) is 19.6 Å². The van der Waals surface area contributed by atoms with Crippen LogP contribution in [-0.4, -0.2) is 24.5 Å². The minimum Gasteiger partial charge on any atom is -0.312 e. The van der Waals surface area contributed by atoms with E-state index in [1.54, 1.807) is 0 Å². The van der Waals surface area contributed by atoms with Crippen LogP contribution >= 0.6 is 11.3 Å². The third-order valence-electron chi connectivity index (χ3n) is 4.07. The molecule has 0 amide bonds. The topological polar surface area (TPSA) is 15.3 Å². The first-order valence-electron chi connectivity index (χ1n) is 8.59. The molecule has 0 aliphatic rings. The Hall–Kier alpha value is -0.380. The van der Waals surface area contributed by atoms with Crippen molar-refractivity contribution in [3.8, 4) is 0 Å². The van der Waals surface area contributed by atoms with Crippen LogP contribution in [0.15, 0.2) is 12.1 Å². The Bertz CT molecular complexity index is 369. The standard InChI is InChI=1S/C18H34N2S/c1-6-16(7-2)13-20(8-3)14-18-10-9-17(21-18)12-19-11-15(4)5/h9-10,15-16,19H,6-8,11-14H2,1-5H3. The van der Waals surface area contributed by atoms with Crippen molar-refractivity contribution in [2.24, 2.45) is 11.8 Å². The summed E-state index contributed by atoms with van der Waals surface area (Å²) in [5.41, 5.74) is 0. The summed E-state index contributed by atoms with van der Waals surface area (Å²) in [5.74, 6) is 1.57. The van der Waals surface area contributed by atoms with Gasteiger partial charge in [-0.3, -0.25) is 4.90 Å². The molecule has 0 aliphatic carbocycles. The Kier molecular flexibility index (Phi) is 9.21. The fourth-order valence-corrected chi connectivity index (χ4v) is 3.55. The second-order valence-electron chi connectivity index (χ2n) is 6.40. The zero-order valence-electron chi connectivity index (χ0n) is 14.6. The molecule has 0 atom stereocenters. The van der Waals surface area contributed by atoms with E-state index in [9.17, 15) is 0 Å². The van der Waals surface area contributed by atoms with E-state index in [0.29, 0.717) is 0 Å². The second-order valence-corrected chi connectivity index (χ2v) is 7.66. The summed E-state index contributed by atoms with van der Waals surface area (Å²) in [6.45, 7) is 17.0. The molecule has 1 heterocycles. The quantitative estimate of drug-likeness (QED) is 0.634. The van der Waals surface area contributed by atoms with Crippen LogP contribution in [-0.2, 0) is 13.1 Å². The minimum absolute atomic E-state index is 0.722. The Morgan fingerprint density at radius 3 is 2.33 bits per heavy atom. The molecule has 1 N–H and O–H groups in total. The predicted octanol–water partition coefficient (Wildman–Crippen LogP) is 4.75. The van der Waals surface area contributed by atoms with Crippen LogP contribution in [0.2, 0.25) is 0 Å². The molecule has 0 bridgehead atoms. The van der Waals surface area contributed by atoms with Crippen molar-refractivity contribution in [3.05, 3.63) is 21.9 Å². The monoisotopic (exact) mass is 310 g/mol. The zero-order valence-corrected chi connectivity index (χ0v) is 15.4. The Labute approximate surface area is 135 Å². The summed E-state index contributed by atoms with van der Waals surface area (Å²) in [7, 11) is 0. The number of rotatable bonds is 11. The summed E-state index contributed by atoms with van der Waals surface area (Å²) in [6, 6.07) is 4.60. The van der Waals surface area contributed by atoms with E-state index in [-0.39, 0.29) is 0 Å². The largest absolute Gasteiger partial charge is 0.312 e. The highest BCUT2D eigenvalue weighted by molar-refractivity contribution is 7.11. The molecule has 0 fully saturated rings. The lowest BCUT2D eigenvalue weighted by Crippen LogP contribution is -2.28. The highest BCUT2D eigenvalue weighted by Gasteiger charge is 2.11. The van der Waals surface area contributed by atoms with Crippen LogP contribution < -0.4 is 5.32 Å². The van der Waals surface area contributed by atoms with Crippen molar-refractivity contribution in [3.63, 3.8) is 0 Å². The molecule has 1 rings (SSSR count). The van der Waals surface area contributed by atoms with Crippen molar-refractivity contribution in [1.82, 2.24) is 10.2 Å². The molecule has 0 unspecified atom stereocenters. The van der Waals surface area contributed by atoms with Crippen LogP contribution in [0, 0.1) is 11.8 Å². The molecule has 0 saturated carbocycles. The second kappa shape index (κ2) is 10.4. The maximum Gasteiger partial charge on any atom is 0.0328 e. The smallest absolute Gasteiger partial charge is 0.0328 e. The number of hydrogen-bond acceptors (Lipinski definition) is 3. The van der Waals surface area contributed by atoms with Crippen molar-refractivity contribution >= 4 is 11.3 Å². The first kappa shape index (κ1) is 18.7. The van der Waals surface area contributed by atoms with E-state index in [4.69, 9.17) is 0 Å². The van der Waals surface area contributed by atoms with E-state index in [1.165, 1.54) is 29.1 Å². The molecule has 0 aromatic carbocycles. The molecule has 21 heavy (non-hydrogen) atoms. The summed E-state index contributed by atoms with van der Waals surface area (Å²) < 4.78 is 0. The number of hydrogen-bond donors (Lipinski definition) is 1. The van der Waals surface area contributed by atoms with Crippen molar-refractivity contribution in [2.45, 2.75) is 60.5 Å². The molecule has 122 valence electrons. The van der Waals surface area contributed by atoms with Gasteiger partial charge in [0, 0.05) is 29.4 Å². The SMILES string of the molecule is CCC(CC)CN(CC)Cc1ccc(CNCC(C)C)s1. The molecule has 1 aromatic rings. The van der Waals surface area contributed by atoms with Gasteiger partial charge in [0.1, 0.15) is 0 Å². The van der Waals surface area contributed by atoms with Crippen LogP contribution in [0.4, 0.5) is 0 Å². The average molecular weight is 311 g/mol. The fourth-order valence-electron chi connectivity index (χ4n) is 2.52. The molecule has 1 aromatic heterocycles. The molecular weight excluding hydrogens is 276 g/mol. The van der Waals surface area contributed by atoms with Crippen molar-refractivity contribution < 1.29 is 0 Å². The molecule has 0 aliphatic heterocycles. The third-order valence-corrected chi connectivity index (χ3v) is 5.14. The maximum absolute atomic E-state index is 3.53. The Morgan fingerprint density at radius 1 is 1.10 bits per heavy atom. The molecule has 2 nitrogen and oxygen atoms in total. The van der Waals surface area contributed by atoms with E-state index in [0.717, 1.165) is 38.0 Å². The molecule has 0 saturated heterocycles. The Morgan fingerprint density at radius 2 is 1.76 bits per heavy atom. The lowest BCUT2D eigenvalue weighted by atomic mass is 10.0. The van der Waals surface area contributed by atoms with Gasteiger partial charge in [0.15, 0.2) is 0 Å². The predicted molar refractivity (Wildman–Crippen MR) is 95.9 cm³/mol. The van der Waals surface area contributed by atoms with Crippen LogP contribution in [0.1, 0.15) is 57.2 Å². The molecule has 0 spiro atoms. The molecule has 3 heteroatoms.